The van der Waals surface area contributed by atoms with Gasteiger partial charge in [0.1, 0.15) is 12.4 Å². The van der Waals surface area contributed by atoms with E-state index in [1.165, 1.54) is 0 Å². The first-order valence-electron chi connectivity index (χ1n) is 8.28. The minimum Gasteiger partial charge on any atom is -0.493 e. The highest BCUT2D eigenvalue weighted by Gasteiger charge is 2.15. The molecule has 1 amide bonds. The standard InChI is InChI=1S/C20H25NO4/c1-14-9-10-15(2)19(13-14)25-16(3)20(22)21-11-12-24-18-8-6-5-7-17(18)23-4/h5-10,13,16H,11-12H2,1-4H3,(H,21,22)/t16-/m0/s1. The number of benzene rings is 2. The molecule has 0 aliphatic carbocycles. The van der Waals surface area contributed by atoms with Crippen molar-refractivity contribution in [1.29, 1.82) is 0 Å². The SMILES string of the molecule is COc1ccccc1OCCNC(=O)[C@H](C)Oc1cc(C)ccc1C. The highest BCUT2D eigenvalue weighted by molar-refractivity contribution is 5.80. The molecule has 0 bridgehead atoms. The van der Waals surface area contributed by atoms with Crippen molar-refractivity contribution < 1.29 is 19.0 Å². The highest BCUT2D eigenvalue weighted by atomic mass is 16.5. The molecule has 0 aliphatic heterocycles. The van der Waals surface area contributed by atoms with Gasteiger partial charge in [0.25, 0.3) is 5.91 Å². The quantitative estimate of drug-likeness (QED) is 0.748. The maximum absolute atomic E-state index is 12.2. The predicted octanol–water partition coefficient (Wildman–Crippen LogP) is 3.27. The van der Waals surface area contributed by atoms with Crippen molar-refractivity contribution in [1.82, 2.24) is 5.32 Å². The largest absolute Gasteiger partial charge is 0.493 e. The van der Waals surface area contributed by atoms with E-state index in [1.807, 2.05) is 56.3 Å². The lowest BCUT2D eigenvalue weighted by atomic mass is 10.1. The van der Waals surface area contributed by atoms with E-state index in [2.05, 4.69) is 5.32 Å². The predicted molar refractivity (Wildman–Crippen MR) is 97.5 cm³/mol. The van der Waals surface area contributed by atoms with Gasteiger partial charge in [-0.3, -0.25) is 4.79 Å². The van der Waals surface area contributed by atoms with Gasteiger partial charge in [-0.1, -0.05) is 24.3 Å². The van der Waals surface area contributed by atoms with E-state index in [-0.39, 0.29) is 5.91 Å². The van der Waals surface area contributed by atoms with Crippen LogP contribution >= 0.6 is 0 Å². The van der Waals surface area contributed by atoms with Crippen molar-refractivity contribution in [3.63, 3.8) is 0 Å². The molecule has 5 nitrogen and oxygen atoms in total. The minimum absolute atomic E-state index is 0.176. The second-order valence-corrected chi connectivity index (χ2v) is 5.82. The van der Waals surface area contributed by atoms with Crippen LogP contribution in [0.25, 0.3) is 0 Å². The summed E-state index contributed by atoms with van der Waals surface area (Å²) < 4.78 is 16.6. The molecule has 0 saturated heterocycles. The van der Waals surface area contributed by atoms with Crippen LogP contribution in [0.4, 0.5) is 0 Å². The molecule has 25 heavy (non-hydrogen) atoms. The fourth-order valence-corrected chi connectivity index (χ4v) is 2.30. The fraction of sp³-hybridized carbons (Fsp3) is 0.350. The van der Waals surface area contributed by atoms with Gasteiger partial charge in [0.15, 0.2) is 17.6 Å². The van der Waals surface area contributed by atoms with Gasteiger partial charge in [-0.25, -0.2) is 0 Å². The first kappa shape index (κ1) is 18.6. The molecule has 2 aromatic rings. The Hall–Kier alpha value is -2.69. The van der Waals surface area contributed by atoms with Crippen LogP contribution in [0.5, 0.6) is 17.2 Å². The number of amides is 1. The van der Waals surface area contributed by atoms with Crippen LogP contribution < -0.4 is 19.5 Å². The summed E-state index contributed by atoms with van der Waals surface area (Å²) in [5.41, 5.74) is 2.10. The van der Waals surface area contributed by atoms with Gasteiger partial charge < -0.3 is 19.5 Å². The number of para-hydroxylation sites is 2. The summed E-state index contributed by atoms with van der Waals surface area (Å²) in [4.78, 5) is 12.2. The number of nitrogens with one attached hydrogen (secondary N) is 1. The monoisotopic (exact) mass is 343 g/mol. The lowest BCUT2D eigenvalue weighted by molar-refractivity contribution is -0.127. The fourth-order valence-electron chi connectivity index (χ4n) is 2.30. The zero-order valence-corrected chi connectivity index (χ0v) is 15.2. The van der Waals surface area contributed by atoms with E-state index in [4.69, 9.17) is 14.2 Å². The zero-order chi connectivity index (χ0) is 18.2. The molecule has 2 rings (SSSR count). The summed E-state index contributed by atoms with van der Waals surface area (Å²) in [6.45, 7) is 6.42. The molecule has 0 heterocycles. The number of methoxy groups -OCH3 is 1. The minimum atomic E-state index is -0.577. The summed E-state index contributed by atoms with van der Waals surface area (Å²) in [5, 5.41) is 2.81. The Kier molecular flexibility index (Phi) is 6.69. The maximum Gasteiger partial charge on any atom is 0.260 e. The smallest absolute Gasteiger partial charge is 0.260 e. The number of rotatable bonds is 8. The highest BCUT2D eigenvalue weighted by Crippen LogP contribution is 2.25. The first-order valence-corrected chi connectivity index (χ1v) is 8.28. The van der Waals surface area contributed by atoms with Crippen LogP contribution in [-0.4, -0.2) is 32.3 Å². The lowest BCUT2D eigenvalue weighted by Gasteiger charge is -2.17. The molecule has 1 N–H and O–H groups in total. The van der Waals surface area contributed by atoms with Gasteiger partial charge in [0.05, 0.1) is 13.7 Å². The molecular formula is C20H25NO4. The Morgan fingerprint density at radius 3 is 2.52 bits per heavy atom. The second-order valence-electron chi connectivity index (χ2n) is 5.82. The topological polar surface area (TPSA) is 56.8 Å². The van der Waals surface area contributed by atoms with Gasteiger partial charge in [-0.15, -0.1) is 0 Å². The Labute approximate surface area is 148 Å². The van der Waals surface area contributed by atoms with Gasteiger partial charge in [-0.05, 0) is 50.1 Å². The van der Waals surface area contributed by atoms with Crippen LogP contribution in [0.15, 0.2) is 42.5 Å². The summed E-state index contributed by atoms with van der Waals surface area (Å²) in [6, 6.07) is 13.3. The summed E-state index contributed by atoms with van der Waals surface area (Å²) in [6.07, 6.45) is -0.577. The molecular weight excluding hydrogens is 318 g/mol. The third-order valence-corrected chi connectivity index (χ3v) is 3.74. The second kappa shape index (κ2) is 8.97. The molecule has 134 valence electrons. The Balaban J connectivity index is 1.79. The Morgan fingerprint density at radius 2 is 1.80 bits per heavy atom. The molecule has 5 heteroatoms. The maximum atomic E-state index is 12.2. The van der Waals surface area contributed by atoms with Gasteiger partial charge in [0.2, 0.25) is 0 Å². The van der Waals surface area contributed by atoms with Crippen molar-refractivity contribution in [2.24, 2.45) is 0 Å². The van der Waals surface area contributed by atoms with Crippen LogP contribution in [0, 0.1) is 13.8 Å². The van der Waals surface area contributed by atoms with Crippen molar-refractivity contribution in [3.8, 4) is 17.2 Å². The molecule has 0 unspecified atom stereocenters. The molecule has 0 saturated carbocycles. The molecule has 2 aromatic carbocycles. The number of carbonyl (C=O) groups is 1. The van der Waals surface area contributed by atoms with E-state index >= 15 is 0 Å². The van der Waals surface area contributed by atoms with E-state index in [9.17, 15) is 4.79 Å². The molecule has 0 radical (unpaired) electrons. The number of ether oxygens (including phenoxy) is 3. The van der Waals surface area contributed by atoms with Crippen molar-refractivity contribution >= 4 is 5.91 Å². The van der Waals surface area contributed by atoms with E-state index in [0.29, 0.717) is 24.7 Å². The van der Waals surface area contributed by atoms with Crippen LogP contribution in [0.1, 0.15) is 18.1 Å². The molecule has 1 atom stereocenters. The van der Waals surface area contributed by atoms with Crippen LogP contribution in [-0.2, 0) is 4.79 Å². The number of carbonyl (C=O) groups excluding carboxylic acids is 1. The van der Waals surface area contributed by atoms with Crippen molar-refractivity contribution in [2.45, 2.75) is 26.9 Å². The third kappa shape index (κ3) is 5.41. The zero-order valence-electron chi connectivity index (χ0n) is 15.2. The first-order chi connectivity index (χ1) is 12.0. The van der Waals surface area contributed by atoms with Gasteiger partial charge in [-0.2, -0.15) is 0 Å². The van der Waals surface area contributed by atoms with Crippen LogP contribution in [0.3, 0.4) is 0 Å². The number of hydrogen-bond acceptors (Lipinski definition) is 4. The van der Waals surface area contributed by atoms with Crippen LogP contribution in [0.2, 0.25) is 0 Å². The Morgan fingerprint density at radius 1 is 1.08 bits per heavy atom. The number of hydrogen-bond donors (Lipinski definition) is 1. The van der Waals surface area contributed by atoms with Crippen molar-refractivity contribution in [2.75, 3.05) is 20.3 Å². The average molecular weight is 343 g/mol. The third-order valence-electron chi connectivity index (χ3n) is 3.74. The summed E-state index contributed by atoms with van der Waals surface area (Å²) >= 11 is 0. The molecule has 0 aliphatic rings. The Bertz CT molecular complexity index is 715. The molecule has 0 fully saturated rings. The summed E-state index contributed by atoms with van der Waals surface area (Å²) in [7, 11) is 1.59. The molecule has 0 spiro atoms. The van der Waals surface area contributed by atoms with Gasteiger partial charge in [0, 0.05) is 0 Å². The molecule has 0 aromatic heterocycles. The lowest BCUT2D eigenvalue weighted by Crippen LogP contribution is -2.38. The normalized spacial score (nSPS) is 11.5. The van der Waals surface area contributed by atoms with Gasteiger partial charge >= 0.3 is 0 Å². The number of aryl methyl sites for hydroxylation is 2. The van der Waals surface area contributed by atoms with E-state index in [0.717, 1.165) is 16.9 Å². The summed E-state index contributed by atoms with van der Waals surface area (Å²) in [5.74, 6) is 1.87. The average Bonchev–Trinajstić information content (AvgIpc) is 2.61. The van der Waals surface area contributed by atoms with E-state index < -0.39 is 6.10 Å². The van der Waals surface area contributed by atoms with Crippen molar-refractivity contribution in [3.05, 3.63) is 53.6 Å². The van der Waals surface area contributed by atoms with E-state index in [1.54, 1.807) is 14.0 Å².